The molecule has 0 amide bonds. The molecule has 1 aromatic carbocycles. The Hall–Kier alpha value is -2.47. The summed E-state index contributed by atoms with van der Waals surface area (Å²) < 4.78 is 19.4. The minimum atomic E-state index is -0.679. The number of pyridine rings is 1. The number of hydrogen-bond acceptors (Lipinski definition) is 4. The molecular weight excluding hydrogens is 319 g/mol. The number of rotatable bonds is 5. The molecule has 0 saturated carbocycles. The minimum absolute atomic E-state index is 0.168. The van der Waals surface area contributed by atoms with Crippen molar-refractivity contribution >= 4 is 11.6 Å². The molecule has 0 radical (unpaired) electrons. The average Bonchev–Trinajstić information content (AvgIpc) is 3.02. The van der Waals surface area contributed by atoms with Crippen LogP contribution in [-0.4, -0.2) is 26.9 Å². The zero-order valence-electron chi connectivity index (χ0n) is 12.4. The van der Waals surface area contributed by atoms with E-state index >= 15 is 0 Å². The molecule has 5 nitrogen and oxygen atoms in total. The van der Waals surface area contributed by atoms with E-state index in [0.29, 0.717) is 17.4 Å². The Morgan fingerprint density at radius 3 is 2.83 bits per heavy atom. The number of aromatic nitrogens is 4. The van der Waals surface area contributed by atoms with Gasteiger partial charge >= 0.3 is 0 Å². The molecule has 0 N–H and O–H groups in total. The molecule has 0 aliphatic heterocycles. The fourth-order valence-electron chi connectivity index (χ4n) is 2.27. The molecule has 0 spiro atoms. The van der Waals surface area contributed by atoms with Gasteiger partial charge in [0, 0.05) is 16.8 Å². The Morgan fingerprint density at radius 2 is 2.13 bits per heavy atom. The first-order valence-corrected chi connectivity index (χ1v) is 7.30. The van der Waals surface area contributed by atoms with Gasteiger partial charge in [-0.25, -0.2) is 19.0 Å². The van der Waals surface area contributed by atoms with E-state index in [-0.39, 0.29) is 5.82 Å². The first-order valence-electron chi connectivity index (χ1n) is 6.92. The Morgan fingerprint density at radius 1 is 1.26 bits per heavy atom. The maximum atomic E-state index is 12.5. The summed E-state index contributed by atoms with van der Waals surface area (Å²) in [5.41, 5.74) is 2.64. The summed E-state index contributed by atoms with van der Waals surface area (Å²) in [6.45, 7) is -0.237. The minimum Gasteiger partial charge on any atom is -0.481 e. The van der Waals surface area contributed by atoms with Gasteiger partial charge in [0.15, 0.2) is 12.5 Å². The monoisotopic (exact) mass is 332 g/mol. The molecule has 3 rings (SSSR count). The third-order valence-electron chi connectivity index (χ3n) is 3.28. The predicted octanol–water partition coefficient (Wildman–Crippen LogP) is 3.52. The second kappa shape index (κ2) is 6.75. The summed E-state index contributed by atoms with van der Waals surface area (Å²) >= 11 is 6.06. The van der Waals surface area contributed by atoms with Gasteiger partial charge in [0.2, 0.25) is 5.88 Å². The van der Waals surface area contributed by atoms with E-state index < -0.39 is 6.67 Å². The first-order chi connectivity index (χ1) is 11.2. The fourth-order valence-corrected chi connectivity index (χ4v) is 2.46. The van der Waals surface area contributed by atoms with Gasteiger partial charge < -0.3 is 4.74 Å². The molecule has 0 aliphatic carbocycles. The number of benzene rings is 1. The summed E-state index contributed by atoms with van der Waals surface area (Å²) in [6, 6.07) is 9.42. The highest BCUT2D eigenvalue weighted by atomic mass is 35.5. The number of nitrogens with zero attached hydrogens (tertiary/aromatic N) is 4. The molecule has 23 heavy (non-hydrogen) atoms. The fraction of sp³-hybridized carbons (Fsp3) is 0.188. The molecule has 0 fully saturated rings. The van der Waals surface area contributed by atoms with Crippen LogP contribution in [-0.2, 0) is 13.2 Å². The number of ether oxygens (including phenoxy) is 1. The van der Waals surface area contributed by atoms with Gasteiger partial charge in [-0.2, -0.15) is 5.10 Å². The van der Waals surface area contributed by atoms with Gasteiger partial charge in [-0.3, -0.25) is 0 Å². The molecule has 2 heterocycles. The SMILES string of the molecule is COc1ncc(Cn2cnc(CF)n2)cc1-c1cccc(Cl)c1. The number of hydrogen-bond donors (Lipinski definition) is 0. The van der Waals surface area contributed by atoms with E-state index in [2.05, 4.69) is 15.1 Å². The van der Waals surface area contributed by atoms with Gasteiger partial charge in [-0.15, -0.1) is 0 Å². The molecule has 3 aromatic rings. The second-order valence-electron chi connectivity index (χ2n) is 4.90. The third-order valence-corrected chi connectivity index (χ3v) is 3.52. The van der Waals surface area contributed by atoms with Crippen LogP contribution in [0.5, 0.6) is 5.88 Å². The summed E-state index contributed by atoms with van der Waals surface area (Å²) in [4.78, 5) is 8.20. The van der Waals surface area contributed by atoms with Crippen molar-refractivity contribution in [3.05, 3.63) is 59.3 Å². The zero-order valence-corrected chi connectivity index (χ0v) is 13.2. The van der Waals surface area contributed by atoms with Crippen LogP contribution >= 0.6 is 11.6 Å². The molecule has 7 heteroatoms. The van der Waals surface area contributed by atoms with Crippen LogP contribution in [0.4, 0.5) is 4.39 Å². The van der Waals surface area contributed by atoms with Gasteiger partial charge in [-0.05, 0) is 29.3 Å². The normalized spacial score (nSPS) is 10.7. The van der Waals surface area contributed by atoms with Crippen molar-refractivity contribution < 1.29 is 9.13 Å². The molecular formula is C16H14ClFN4O. The van der Waals surface area contributed by atoms with Crippen LogP contribution in [0.3, 0.4) is 0 Å². The van der Waals surface area contributed by atoms with E-state index in [0.717, 1.165) is 16.7 Å². The summed E-state index contributed by atoms with van der Waals surface area (Å²) in [5, 5.41) is 4.67. The number of methoxy groups -OCH3 is 1. The highest BCUT2D eigenvalue weighted by Gasteiger charge is 2.10. The van der Waals surface area contributed by atoms with E-state index in [1.807, 2.05) is 30.3 Å². The Kier molecular flexibility index (Phi) is 4.52. The summed E-state index contributed by atoms with van der Waals surface area (Å²) in [5.74, 6) is 0.681. The lowest BCUT2D eigenvalue weighted by molar-refractivity contribution is 0.399. The molecule has 0 aliphatic rings. The van der Waals surface area contributed by atoms with Crippen LogP contribution in [0.15, 0.2) is 42.9 Å². The standard InChI is InChI=1S/C16H14ClFN4O/c1-23-16-14(12-3-2-4-13(17)6-12)5-11(8-19-16)9-22-10-20-15(7-18)21-22/h2-6,8,10H,7,9H2,1H3. The van der Waals surface area contributed by atoms with E-state index in [4.69, 9.17) is 16.3 Å². The average molecular weight is 333 g/mol. The lowest BCUT2D eigenvalue weighted by Crippen LogP contribution is -2.03. The van der Waals surface area contributed by atoms with E-state index in [9.17, 15) is 4.39 Å². The summed E-state index contributed by atoms with van der Waals surface area (Å²) in [6.07, 6.45) is 3.20. The molecule has 0 saturated heterocycles. The molecule has 2 aromatic heterocycles. The van der Waals surface area contributed by atoms with E-state index in [1.54, 1.807) is 18.0 Å². The van der Waals surface area contributed by atoms with Gasteiger partial charge in [-0.1, -0.05) is 23.7 Å². The van der Waals surface area contributed by atoms with Crippen molar-refractivity contribution in [3.63, 3.8) is 0 Å². The molecule has 118 valence electrons. The lowest BCUT2D eigenvalue weighted by atomic mass is 10.1. The molecule has 0 atom stereocenters. The van der Waals surface area contributed by atoms with Crippen molar-refractivity contribution in [2.45, 2.75) is 13.2 Å². The van der Waals surface area contributed by atoms with Crippen molar-refractivity contribution in [2.75, 3.05) is 7.11 Å². The summed E-state index contributed by atoms with van der Waals surface area (Å²) in [7, 11) is 1.57. The number of alkyl halides is 1. The van der Waals surface area contributed by atoms with Crippen molar-refractivity contribution in [3.8, 4) is 17.0 Å². The quantitative estimate of drug-likeness (QED) is 0.717. The van der Waals surface area contributed by atoms with Crippen molar-refractivity contribution in [1.82, 2.24) is 19.7 Å². The van der Waals surface area contributed by atoms with Gasteiger partial charge in [0.05, 0.1) is 13.7 Å². The van der Waals surface area contributed by atoms with Crippen LogP contribution in [0.2, 0.25) is 5.02 Å². The molecule has 0 bridgehead atoms. The van der Waals surface area contributed by atoms with Gasteiger partial charge in [0.1, 0.15) is 6.33 Å². The highest BCUT2D eigenvalue weighted by Crippen LogP contribution is 2.30. The van der Waals surface area contributed by atoms with Crippen molar-refractivity contribution in [2.24, 2.45) is 0 Å². The first kappa shape index (κ1) is 15.4. The Balaban J connectivity index is 1.95. The van der Waals surface area contributed by atoms with Crippen LogP contribution < -0.4 is 4.74 Å². The maximum Gasteiger partial charge on any atom is 0.221 e. The van der Waals surface area contributed by atoms with Crippen LogP contribution in [0, 0.1) is 0 Å². The Bertz CT molecular complexity index is 821. The molecule has 0 unspecified atom stereocenters. The second-order valence-corrected chi connectivity index (χ2v) is 5.34. The Labute approximate surface area is 137 Å². The zero-order chi connectivity index (χ0) is 16.2. The lowest BCUT2D eigenvalue weighted by Gasteiger charge is -2.10. The predicted molar refractivity (Wildman–Crippen MR) is 85.2 cm³/mol. The maximum absolute atomic E-state index is 12.5. The third kappa shape index (κ3) is 3.48. The van der Waals surface area contributed by atoms with Crippen molar-refractivity contribution in [1.29, 1.82) is 0 Å². The van der Waals surface area contributed by atoms with E-state index in [1.165, 1.54) is 6.33 Å². The highest BCUT2D eigenvalue weighted by molar-refractivity contribution is 6.30. The number of halogens is 2. The smallest absolute Gasteiger partial charge is 0.221 e. The topological polar surface area (TPSA) is 52.8 Å². The van der Waals surface area contributed by atoms with Crippen LogP contribution in [0.1, 0.15) is 11.4 Å². The largest absolute Gasteiger partial charge is 0.481 e. The van der Waals surface area contributed by atoms with Gasteiger partial charge in [0.25, 0.3) is 0 Å². The van der Waals surface area contributed by atoms with Crippen LogP contribution in [0.25, 0.3) is 11.1 Å².